The van der Waals surface area contributed by atoms with Crippen molar-refractivity contribution in [3.63, 3.8) is 0 Å². The first-order valence-electron chi connectivity index (χ1n) is 6.27. The molecular formula is C13H15NO5S2. The zero-order valence-electron chi connectivity index (χ0n) is 11.4. The maximum atomic E-state index is 12.6. The SMILES string of the molecule is CC(=O)c1ccc(S(=O)(=O)N2CCSCC2C(=O)O)cc1. The van der Waals surface area contributed by atoms with Gasteiger partial charge in [-0.1, -0.05) is 12.1 Å². The molecule has 1 unspecified atom stereocenters. The van der Waals surface area contributed by atoms with Gasteiger partial charge in [0, 0.05) is 23.6 Å². The number of nitrogens with zero attached hydrogens (tertiary/aromatic N) is 1. The molecule has 1 aliphatic rings. The van der Waals surface area contributed by atoms with Crippen molar-refractivity contribution >= 4 is 33.5 Å². The average molecular weight is 329 g/mol. The second kappa shape index (κ2) is 6.17. The second-order valence-electron chi connectivity index (χ2n) is 4.63. The lowest BCUT2D eigenvalue weighted by Crippen LogP contribution is -2.50. The van der Waals surface area contributed by atoms with Gasteiger partial charge in [-0.05, 0) is 19.1 Å². The van der Waals surface area contributed by atoms with Gasteiger partial charge in [-0.15, -0.1) is 0 Å². The maximum Gasteiger partial charge on any atom is 0.322 e. The fourth-order valence-corrected chi connectivity index (χ4v) is 4.90. The van der Waals surface area contributed by atoms with Crippen LogP contribution in [0.3, 0.4) is 0 Å². The third kappa shape index (κ3) is 3.28. The van der Waals surface area contributed by atoms with E-state index < -0.39 is 22.0 Å². The third-order valence-electron chi connectivity index (χ3n) is 3.23. The summed E-state index contributed by atoms with van der Waals surface area (Å²) in [5.74, 6) is -0.503. The first-order valence-corrected chi connectivity index (χ1v) is 8.87. The van der Waals surface area contributed by atoms with Gasteiger partial charge >= 0.3 is 5.97 Å². The highest BCUT2D eigenvalue weighted by molar-refractivity contribution is 7.99. The van der Waals surface area contributed by atoms with Crippen LogP contribution in [0.15, 0.2) is 29.2 Å². The number of hydrogen-bond donors (Lipinski definition) is 1. The molecule has 1 N–H and O–H groups in total. The van der Waals surface area contributed by atoms with Gasteiger partial charge < -0.3 is 5.11 Å². The summed E-state index contributed by atoms with van der Waals surface area (Å²) in [5, 5.41) is 9.17. The van der Waals surface area contributed by atoms with Gasteiger partial charge in [-0.2, -0.15) is 16.1 Å². The van der Waals surface area contributed by atoms with Crippen LogP contribution in [0.25, 0.3) is 0 Å². The Labute approximate surface area is 127 Å². The van der Waals surface area contributed by atoms with Crippen molar-refractivity contribution in [2.45, 2.75) is 17.9 Å². The van der Waals surface area contributed by atoms with E-state index in [2.05, 4.69) is 0 Å². The molecule has 1 aromatic rings. The summed E-state index contributed by atoms with van der Waals surface area (Å²) in [7, 11) is -3.87. The van der Waals surface area contributed by atoms with Crippen LogP contribution in [0.1, 0.15) is 17.3 Å². The molecule has 1 aromatic carbocycles. The van der Waals surface area contributed by atoms with Gasteiger partial charge in [0.25, 0.3) is 0 Å². The number of benzene rings is 1. The lowest BCUT2D eigenvalue weighted by atomic mass is 10.2. The summed E-state index contributed by atoms with van der Waals surface area (Å²) in [4.78, 5) is 22.4. The van der Waals surface area contributed by atoms with Gasteiger partial charge in [0.1, 0.15) is 6.04 Å². The minimum Gasteiger partial charge on any atom is -0.480 e. The Morgan fingerprint density at radius 3 is 2.43 bits per heavy atom. The molecule has 2 rings (SSSR count). The monoisotopic (exact) mass is 329 g/mol. The van der Waals surface area contributed by atoms with E-state index >= 15 is 0 Å². The van der Waals surface area contributed by atoms with Gasteiger partial charge in [-0.25, -0.2) is 8.42 Å². The Morgan fingerprint density at radius 1 is 1.29 bits per heavy atom. The van der Waals surface area contributed by atoms with Crippen LogP contribution in [0.4, 0.5) is 0 Å². The minimum absolute atomic E-state index is 0.00523. The highest BCUT2D eigenvalue weighted by atomic mass is 32.2. The number of rotatable bonds is 4. The molecule has 0 amide bonds. The molecular weight excluding hydrogens is 314 g/mol. The van der Waals surface area contributed by atoms with Gasteiger partial charge in [0.15, 0.2) is 5.78 Å². The largest absolute Gasteiger partial charge is 0.480 e. The molecule has 0 radical (unpaired) electrons. The van der Waals surface area contributed by atoms with Crippen molar-refractivity contribution < 1.29 is 23.1 Å². The zero-order valence-corrected chi connectivity index (χ0v) is 13.0. The number of sulfonamides is 1. The number of carboxylic acids is 1. The topological polar surface area (TPSA) is 91.8 Å². The van der Waals surface area contributed by atoms with Crippen LogP contribution in [-0.4, -0.2) is 53.7 Å². The summed E-state index contributed by atoms with van der Waals surface area (Å²) in [6.45, 7) is 1.56. The van der Waals surface area contributed by atoms with Gasteiger partial charge in [-0.3, -0.25) is 9.59 Å². The molecule has 0 spiro atoms. The number of hydrogen-bond acceptors (Lipinski definition) is 5. The van der Waals surface area contributed by atoms with E-state index in [1.54, 1.807) is 0 Å². The van der Waals surface area contributed by atoms with Crippen LogP contribution >= 0.6 is 11.8 Å². The Balaban J connectivity index is 2.35. The number of ketones is 1. The molecule has 0 saturated carbocycles. The van der Waals surface area contributed by atoms with E-state index in [-0.39, 0.29) is 23.0 Å². The molecule has 6 nitrogen and oxygen atoms in total. The van der Waals surface area contributed by atoms with Crippen molar-refractivity contribution in [3.05, 3.63) is 29.8 Å². The van der Waals surface area contributed by atoms with E-state index in [1.165, 1.54) is 43.0 Å². The van der Waals surface area contributed by atoms with Crippen molar-refractivity contribution in [3.8, 4) is 0 Å². The third-order valence-corrected chi connectivity index (χ3v) is 6.18. The quantitative estimate of drug-likeness (QED) is 0.831. The molecule has 1 fully saturated rings. The fraction of sp³-hybridized carbons (Fsp3) is 0.385. The minimum atomic E-state index is -3.87. The number of carbonyl (C=O) groups is 2. The predicted molar refractivity (Wildman–Crippen MR) is 79.1 cm³/mol. The van der Waals surface area contributed by atoms with Crippen LogP contribution in [-0.2, 0) is 14.8 Å². The average Bonchev–Trinajstić information content (AvgIpc) is 2.47. The molecule has 114 valence electrons. The number of carbonyl (C=O) groups excluding carboxylic acids is 1. The Kier molecular flexibility index (Phi) is 4.70. The van der Waals surface area contributed by atoms with E-state index in [1.807, 2.05) is 0 Å². The summed E-state index contributed by atoms with van der Waals surface area (Å²) >= 11 is 1.42. The molecule has 1 heterocycles. The van der Waals surface area contributed by atoms with E-state index in [0.717, 1.165) is 4.31 Å². The van der Waals surface area contributed by atoms with Crippen molar-refractivity contribution in [1.82, 2.24) is 4.31 Å². The van der Waals surface area contributed by atoms with E-state index in [0.29, 0.717) is 11.3 Å². The lowest BCUT2D eigenvalue weighted by molar-refractivity contribution is -0.140. The van der Waals surface area contributed by atoms with E-state index in [4.69, 9.17) is 0 Å². The highest BCUT2D eigenvalue weighted by Crippen LogP contribution is 2.25. The van der Waals surface area contributed by atoms with Crippen molar-refractivity contribution in [1.29, 1.82) is 0 Å². The predicted octanol–water partition coefficient (Wildman–Crippen LogP) is 1.08. The second-order valence-corrected chi connectivity index (χ2v) is 7.67. The van der Waals surface area contributed by atoms with Crippen LogP contribution < -0.4 is 0 Å². The first kappa shape index (κ1) is 16.0. The van der Waals surface area contributed by atoms with Crippen LogP contribution in [0.2, 0.25) is 0 Å². The fourth-order valence-electron chi connectivity index (χ4n) is 2.07. The molecule has 0 bridgehead atoms. The molecule has 1 saturated heterocycles. The number of aliphatic carboxylic acids is 1. The maximum absolute atomic E-state index is 12.6. The Bertz CT molecular complexity index is 654. The van der Waals surface area contributed by atoms with Crippen molar-refractivity contribution in [2.24, 2.45) is 0 Å². The molecule has 1 aliphatic heterocycles. The summed E-state index contributed by atoms with van der Waals surface area (Å²) in [5.41, 5.74) is 0.415. The number of thioether (sulfide) groups is 1. The molecule has 21 heavy (non-hydrogen) atoms. The first-order chi connectivity index (χ1) is 9.84. The molecule has 0 aliphatic carbocycles. The standard InChI is InChI=1S/C13H15NO5S2/c1-9(15)10-2-4-11(5-3-10)21(18,19)14-6-7-20-8-12(14)13(16)17/h2-5,12H,6-8H2,1H3,(H,16,17). The number of carboxylic acid groups (broad SMARTS) is 1. The van der Waals surface area contributed by atoms with Crippen molar-refractivity contribution in [2.75, 3.05) is 18.1 Å². The lowest BCUT2D eigenvalue weighted by Gasteiger charge is -2.31. The van der Waals surface area contributed by atoms with Crippen LogP contribution in [0.5, 0.6) is 0 Å². The summed E-state index contributed by atoms with van der Waals surface area (Å²) in [6, 6.07) is 4.49. The molecule has 8 heteroatoms. The molecule has 1 atom stereocenters. The normalized spacial score (nSPS) is 20.1. The van der Waals surface area contributed by atoms with Gasteiger partial charge in [0.2, 0.25) is 10.0 Å². The Morgan fingerprint density at radius 2 is 1.90 bits per heavy atom. The summed E-state index contributed by atoms with van der Waals surface area (Å²) in [6.07, 6.45) is 0. The molecule has 0 aromatic heterocycles. The smallest absolute Gasteiger partial charge is 0.322 e. The Hall–Kier alpha value is -1.38. The van der Waals surface area contributed by atoms with Gasteiger partial charge in [0.05, 0.1) is 4.90 Å². The van der Waals surface area contributed by atoms with E-state index in [9.17, 15) is 23.1 Å². The zero-order chi connectivity index (χ0) is 15.6. The van der Waals surface area contributed by atoms with Crippen LogP contribution in [0, 0.1) is 0 Å². The summed E-state index contributed by atoms with van der Waals surface area (Å²) < 4.78 is 26.1. The highest BCUT2D eigenvalue weighted by Gasteiger charge is 2.37. The number of Topliss-reactive ketones (excluding diaryl/α,β-unsaturated/α-hetero) is 1.